The first-order valence-electron chi connectivity index (χ1n) is 7.79. The van der Waals surface area contributed by atoms with E-state index in [1.807, 2.05) is 11.3 Å². The van der Waals surface area contributed by atoms with Crippen LogP contribution in [0.3, 0.4) is 0 Å². The lowest BCUT2D eigenvalue weighted by Crippen LogP contribution is -2.52. The van der Waals surface area contributed by atoms with Crippen LogP contribution in [0.2, 0.25) is 0 Å². The van der Waals surface area contributed by atoms with E-state index in [1.165, 1.54) is 52.8 Å². The Bertz CT molecular complexity index is 533. The van der Waals surface area contributed by atoms with E-state index in [4.69, 9.17) is 0 Å². The van der Waals surface area contributed by atoms with Crippen molar-refractivity contribution in [3.8, 4) is 0 Å². The van der Waals surface area contributed by atoms with Crippen LogP contribution in [-0.2, 0) is 0 Å². The summed E-state index contributed by atoms with van der Waals surface area (Å²) in [6.45, 7) is 4.79. The van der Waals surface area contributed by atoms with Gasteiger partial charge < -0.3 is 0 Å². The molecule has 4 aliphatic carbocycles. The Balaban J connectivity index is 1.72. The third-order valence-electron chi connectivity index (χ3n) is 6.00. The molecule has 0 nitrogen and oxygen atoms in total. The van der Waals surface area contributed by atoms with Crippen molar-refractivity contribution in [1.29, 1.82) is 0 Å². The van der Waals surface area contributed by atoms with Gasteiger partial charge in [-0.3, -0.25) is 0 Å². The summed E-state index contributed by atoms with van der Waals surface area (Å²) in [7, 11) is 0. The van der Waals surface area contributed by atoms with Gasteiger partial charge in [0.2, 0.25) is 0 Å². The second-order valence-corrected chi connectivity index (χ2v) is 11.1. The third kappa shape index (κ3) is 2.10. The van der Waals surface area contributed by atoms with Crippen molar-refractivity contribution < 1.29 is 0 Å². The summed E-state index contributed by atoms with van der Waals surface area (Å²) in [5, 5.41) is 0. The quantitative estimate of drug-likeness (QED) is 0.461. The van der Waals surface area contributed by atoms with E-state index < -0.39 is 0 Å². The fourth-order valence-electron chi connectivity index (χ4n) is 6.05. The van der Waals surface area contributed by atoms with Crippen molar-refractivity contribution in [2.75, 3.05) is 0 Å². The molecule has 0 amide bonds. The summed E-state index contributed by atoms with van der Waals surface area (Å²) in [4.78, 5) is 3.51. The van der Waals surface area contributed by atoms with E-state index in [9.17, 15) is 0 Å². The number of aryl methyl sites for hydroxylation is 1. The first kappa shape index (κ1) is 14.3. The van der Waals surface area contributed by atoms with Crippen LogP contribution in [0, 0.1) is 29.6 Å². The second-order valence-electron chi connectivity index (χ2n) is 8.07. The van der Waals surface area contributed by atoms with Crippen LogP contribution in [0.5, 0.6) is 0 Å². The molecule has 3 heteroatoms. The Hall–Kier alpha value is 0.660. The zero-order valence-electron chi connectivity index (χ0n) is 12.2. The van der Waals surface area contributed by atoms with Gasteiger partial charge in [-0.15, -0.1) is 11.3 Å². The molecular formula is C17H22Br2S. The highest BCUT2D eigenvalue weighted by Crippen LogP contribution is 2.70. The van der Waals surface area contributed by atoms with Crippen molar-refractivity contribution in [2.45, 2.75) is 57.2 Å². The summed E-state index contributed by atoms with van der Waals surface area (Å²) in [6.07, 6.45) is 8.86. The number of thiophene rings is 1. The molecule has 0 radical (unpaired) electrons. The van der Waals surface area contributed by atoms with E-state index >= 15 is 0 Å². The van der Waals surface area contributed by atoms with E-state index in [0.717, 1.165) is 11.8 Å². The molecule has 5 rings (SSSR count). The molecule has 0 spiro atoms. The number of rotatable bonds is 2. The molecule has 110 valence electrons. The van der Waals surface area contributed by atoms with Crippen LogP contribution < -0.4 is 0 Å². The van der Waals surface area contributed by atoms with Crippen LogP contribution in [0.1, 0.15) is 60.0 Å². The minimum absolute atomic E-state index is 0.526. The van der Waals surface area contributed by atoms with Crippen molar-refractivity contribution in [3.63, 3.8) is 0 Å². The Morgan fingerprint density at radius 3 is 2.40 bits per heavy atom. The van der Waals surface area contributed by atoms with Crippen LogP contribution in [0.4, 0.5) is 0 Å². The van der Waals surface area contributed by atoms with Gasteiger partial charge in [-0.25, -0.2) is 0 Å². The van der Waals surface area contributed by atoms with Gasteiger partial charge in [0.05, 0.1) is 4.83 Å². The van der Waals surface area contributed by atoms with Gasteiger partial charge in [0.15, 0.2) is 0 Å². The lowest BCUT2D eigenvalue weighted by atomic mass is 9.44. The lowest BCUT2D eigenvalue weighted by Gasteiger charge is -2.62. The second kappa shape index (κ2) is 4.58. The molecule has 4 saturated carbocycles. The lowest BCUT2D eigenvalue weighted by molar-refractivity contribution is -0.101. The Labute approximate surface area is 143 Å². The van der Waals surface area contributed by atoms with Gasteiger partial charge in [-0.2, -0.15) is 0 Å². The maximum absolute atomic E-state index is 4.14. The summed E-state index contributed by atoms with van der Waals surface area (Å²) < 4.78 is 1.32. The zero-order chi connectivity index (χ0) is 14.1. The predicted octanol–water partition coefficient (Wildman–Crippen LogP) is 6.86. The Kier molecular flexibility index (Phi) is 3.27. The van der Waals surface area contributed by atoms with E-state index in [1.54, 1.807) is 0 Å². The monoisotopic (exact) mass is 416 g/mol. The number of alkyl halides is 1. The first-order chi connectivity index (χ1) is 9.39. The highest BCUT2D eigenvalue weighted by Gasteiger charge is 2.58. The average molecular weight is 418 g/mol. The fraction of sp³-hybridized carbons (Fsp3) is 0.765. The fourth-order valence-corrected chi connectivity index (χ4v) is 9.42. The van der Waals surface area contributed by atoms with Gasteiger partial charge in [0.25, 0.3) is 0 Å². The summed E-state index contributed by atoms with van der Waals surface area (Å²) in [5.41, 5.74) is 1.16. The SMILES string of the molecule is Cc1cc(Br)c(C(Br)C23CC4CC(CC(C)(C4)C2)C3)s1. The molecule has 0 aromatic carbocycles. The highest BCUT2D eigenvalue weighted by molar-refractivity contribution is 9.11. The zero-order valence-corrected chi connectivity index (χ0v) is 16.2. The van der Waals surface area contributed by atoms with Gasteiger partial charge in [-0.05, 0) is 90.1 Å². The Morgan fingerprint density at radius 2 is 1.90 bits per heavy atom. The van der Waals surface area contributed by atoms with Crippen LogP contribution in [0.15, 0.2) is 10.5 Å². The molecule has 1 aromatic rings. The molecule has 3 atom stereocenters. The molecule has 3 unspecified atom stereocenters. The predicted molar refractivity (Wildman–Crippen MR) is 93.6 cm³/mol. The van der Waals surface area contributed by atoms with Crippen molar-refractivity contribution in [3.05, 3.63) is 20.3 Å². The van der Waals surface area contributed by atoms with Crippen LogP contribution >= 0.6 is 43.2 Å². The molecule has 20 heavy (non-hydrogen) atoms. The van der Waals surface area contributed by atoms with Crippen molar-refractivity contribution in [2.24, 2.45) is 22.7 Å². The normalized spacial score (nSPS) is 44.0. The largest absolute Gasteiger partial charge is 0.143 e. The number of hydrogen-bond donors (Lipinski definition) is 0. The summed E-state index contributed by atoms with van der Waals surface area (Å²) in [6, 6.07) is 2.29. The molecule has 1 heterocycles. The molecular weight excluding hydrogens is 396 g/mol. The van der Waals surface area contributed by atoms with Crippen LogP contribution in [-0.4, -0.2) is 0 Å². The van der Waals surface area contributed by atoms with Crippen molar-refractivity contribution in [1.82, 2.24) is 0 Å². The first-order valence-corrected chi connectivity index (χ1v) is 10.3. The molecule has 4 fully saturated rings. The van der Waals surface area contributed by atoms with Crippen LogP contribution in [0.25, 0.3) is 0 Å². The molecule has 0 N–H and O–H groups in total. The smallest absolute Gasteiger partial charge is 0.0557 e. The van der Waals surface area contributed by atoms with Gasteiger partial charge in [-0.1, -0.05) is 22.9 Å². The molecule has 1 aromatic heterocycles. The topological polar surface area (TPSA) is 0 Å². The molecule has 4 aliphatic rings. The minimum Gasteiger partial charge on any atom is -0.143 e. The standard InChI is InChI=1S/C17H22Br2S/c1-10-3-13(18)14(20-10)15(19)17-7-11-4-12(8-17)6-16(2,5-11)9-17/h3,11-12,15H,4-9H2,1-2H3. The highest BCUT2D eigenvalue weighted by atomic mass is 79.9. The van der Waals surface area contributed by atoms with Crippen molar-refractivity contribution >= 4 is 43.2 Å². The van der Waals surface area contributed by atoms with Gasteiger partial charge >= 0.3 is 0 Å². The molecule has 0 saturated heterocycles. The molecule has 0 aliphatic heterocycles. The Morgan fingerprint density at radius 1 is 1.25 bits per heavy atom. The number of halogens is 2. The van der Waals surface area contributed by atoms with E-state index in [2.05, 4.69) is 51.8 Å². The maximum Gasteiger partial charge on any atom is 0.0557 e. The summed E-state index contributed by atoms with van der Waals surface area (Å²) >= 11 is 9.91. The van der Waals surface area contributed by atoms with E-state index in [-0.39, 0.29) is 0 Å². The number of hydrogen-bond acceptors (Lipinski definition) is 1. The van der Waals surface area contributed by atoms with Gasteiger partial charge in [0.1, 0.15) is 0 Å². The maximum atomic E-state index is 4.14. The van der Waals surface area contributed by atoms with Gasteiger partial charge in [0, 0.05) is 14.2 Å². The average Bonchev–Trinajstić information content (AvgIpc) is 2.64. The molecule has 4 bridgehead atoms. The minimum atomic E-state index is 0.526. The third-order valence-corrected chi connectivity index (χ3v) is 9.77. The van der Waals surface area contributed by atoms with E-state index in [0.29, 0.717) is 15.7 Å². The summed E-state index contributed by atoms with van der Waals surface area (Å²) in [5.74, 6) is 2.00.